The lowest BCUT2D eigenvalue weighted by atomic mass is 9.98. The standard InChI is InChI=1S/C14H17N3O2/c1-11-13(5-2-6-14(11)17(18)19)10-16-7-3-4-12(8-15)9-16/h2,5-6,12H,3-4,7,9-10H2,1H3. The highest BCUT2D eigenvalue weighted by atomic mass is 16.6. The van der Waals surface area contributed by atoms with E-state index in [-0.39, 0.29) is 16.5 Å². The molecule has 2 rings (SSSR count). The van der Waals surface area contributed by atoms with Crippen molar-refractivity contribution in [1.29, 1.82) is 5.26 Å². The Kier molecular flexibility index (Phi) is 4.13. The molecule has 0 N–H and O–H groups in total. The molecule has 100 valence electrons. The van der Waals surface area contributed by atoms with E-state index in [2.05, 4.69) is 11.0 Å². The van der Waals surface area contributed by atoms with Gasteiger partial charge in [-0.25, -0.2) is 0 Å². The van der Waals surface area contributed by atoms with Crippen LogP contribution in [0.1, 0.15) is 24.0 Å². The van der Waals surface area contributed by atoms with Crippen LogP contribution < -0.4 is 0 Å². The number of nitriles is 1. The Morgan fingerprint density at radius 2 is 2.37 bits per heavy atom. The lowest BCUT2D eigenvalue weighted by molar-refractivity contribution is -0.385. The second kappa shape index (κ2) is 5.81. The van der Waals surface area contributed by atoms with Crippen LogP contribution in [0.5, 0.6) is 0 Å². The van der Waals surface area contributed by atoms with Gasteiger partial charge in [0.05, 0.1) is 16.9 Å². The summed E-state index contributed by atoms with van der Waals surface area (Å²) in [5, 5.41) is 19.9. The molecule has 0 amide bonds. The second-order valence-corrected chi connectivity index (χ2v) is 5.02. The largest absolute Gasteiger partial charge is 0.298 e. The minimum atomic E-state index is -0.340. The molecule has 1 saturated heterocycles. The van der Waals surface area contributed by atoms with E-state index in [1.807, 2.05) is 6.07 Å². The van der Waals surface area contributed by atoms with Crippen molar-refractivity contribution < 1.29 is 4.92 Å². The third-order valence-corrected chi connectivity index (χ3v) is 3.70. The van der Waals surface area contributed by atoms with Crippen molar-refractivity contribution in [3.05, 3.63) is 39.4 Å². The first kappa shape index (κ1) is 13.5. The fourth-order valence-corrected chi connectivity index (χ4v) is 2.58. The molecule has 1 aromatic carbocycles. The summed E-state index contributed by atoms with van der Waals surface area (Å²) < 4.78 is 0. The van der Waals surface area contributed by atoms with Crippen molar-refractivity contribution in [3.8, 4) is 6.07 Å². The zero-order valence-corrected chi connectivity index (χ0v) is 11.0. The maximum absolute atomic E-state index is 10.9. The maximum Gasteiger partial charge on any atom is 0.272 e. The lowest BCUT2D eigenvalue weighted by Gasteiger charge is -2.29. The number of rotatable bonds is 3. The summed E-state index contributed by atoms with van der Waals surface area (Å²) in [6.07, 6.45) is 1.98. The van der Waals surface area contributed by atoms with Crippen LogP contribution in [0.2, 0.25) is 0 Å². The number of nitro groups is 1. The summed E-state index contributed by atoms with van der Waals surface area (Å²) in [6, 6.07) is 7.51. The highest BCUT2D eigenvalue weighted by Gasteiger charge is 2.21. The summed E-state index contributed by atoms with van der Waals surface area (Å²) in [7, 11) is 0. The highest BCUT2D eigenvalue weighted by Crippen LogP contribution is 2.24. The monoisotopic (exact) mass is 259 g/mol. The van der Waals surface area contributed by atoms with Gasteiger partial charge >= 0.3 is 0 Å². The average Bonchev–Trinajstić information content (AvgIpc) is 2.41. The molecule has 0 aliphatic carbocycles. The van der Waals surface area contributed by atoms with Crippen molar-refractivity contribution in [3.63, 3.8) is 0 Å². The third kappa shape index (κ3) is 3.09. The van der Waals surface area contributed by atoms with Crippen LogP contribution in [0.3, 0.4) is 0 Å². The number of nitro benzene ring substituents is 1. The number of nitrogens with zero attached hydrogens (tertiary/aromatic N) is 3. The topological polar surface area (TPSA) is 70.2 Å². The zero-order valence-electron chi connectivity index (χ0n) is 11.0. The Morgan fingerprint density at radius 3 is 3.05 bits per heavy atom. The van der Waals surface area contributed by atoms with Gasteiger partial charge in [-0.15, -0.1) is 0 Å². The third-order valence-electron chi connectivity index (χ3n) is 3.70. The first-order valence-corrected chi connectivity index (χ1v) is 6.46. The molecule has 0 aromatic heterocycles. The Balaban J connectivity index is 2.13. The first-order valence-electron chi connectivity index (χ1n) is 6.46. The fraction of sp³-hybridized carbons (Fsp3) is 0.500. The Bertz CT molecular complexity index is 522. The molecule has 1 fully saturated rings. The van der Waals surface area contributed by atoms with Gasteiger partial charge in [0.25, 0.3) is 5.69 Å². The number of hydrogen-bond donors (Lipinski definition) is 0. The number of benzene rings is 1. The number of hydrogen-bond acceptors (Lipinski definition) is 4. The van der Waals surface area contributed by atoms with Gasteiger partial charge in [-0.05, 0) is 31.9 Å². The van der Waals surface area contributed by atoms with E-state index in [0.29, 0.717) is 6.54 Å². The SMILES string of the molecule is Cc1c(CN2CCCC(C#N)C2)cccc1[N+](=O)[O-]. The van der Waals surface area contributed by atoms with Crippen molar-refractivity contribution in [1.82, 2.24) is 4.90 Å². The van der Waals surface area contributed by atoms with Crippen molar-refractivity contribution in [2.24, 2.45) is 5.92 Å². The lowest BCUT2D eigenvalue weighted by Crippen LogP contribution is -2.34. The van der Waals surface area contributed by atoms with Crippen LogP contribution in [0.25, 0.3) is 0 Å². The van der Waals surface area contributed by atoms with Crippen molar-refractivity contribution >= 4 is 5.69 Å². The molecule has 1 aliphatic heterocycles. The molecule has 19 heavy (non-hydrogen) atoms. The highest BCUT2D eigenvalue weighted by molar-refractivity contribution is 5.44. The Morgan fingerprint density at radius 1 is 1.58 bits per heavy atom. The van der Waals surface area contributed by atoms with Crippen LogP contribution in [-0.4, -0.2) is 22.9 Å². The van der Waals surface area contributed by atoms with Gasteiger partial charge in [-0.2, -0.15) is 5.26 Å². The smallest absolute Gasteiger partial charge is 0.272 e. The van der Waals surface area contributed by atoms with Gasteiger partial charge in [0.1, 0.15) is 0 Å². The summed E-state index contributed by atoms with van der Waals surface area (Å²) in [5.74, 6) is 0.0905. The molecule has 0 saturated carbocycles. The molecule has 0 spiro atoms. The molecule has 1 atom stereocenters. The fourth-order valence-electron chi connectivity index (χ4n) is 2.58. The molecule has 1 aliphatic rings. The number of likely N-dealkylation sites (tertiary alicyclic amines) is 1. The summed E-state index contributed by atoms with van der Waals surface area (Å²) in [4.78, 5) is 12.8. The molecule has 1 aromatic rings. The van der Waals surface area contributed by atoms with Crippen LogP contribution >= 0.6 is 0 Å². The quantitative estimate of drug-likeness (QED) is 0.618. The molecule has 1 heterocycles. The predicted molar refractivity (Wildman–Crippen MR) is 71.4 cm³/mol. The van der Waals surface area contributed by atoms with Gasteiger partial charge in [0.15, 0.2) is 0 Å². The Hall–Kier alpha value is -1.93. The molecular formula is C14H17N3O2. The molecule has 5 heteroatoms. The van der Waals surface area contributed by atoms with Crippen molar-refractivity contribution in [2.75, 3.05) is 13.1 Å². The minimum Gasteiger partial charge on any atom is -0.298 e. The van der Waals surface area contributed by atoms with Crippen LogP contribution in [0.15, 0.2) is 18.2 Å². The van der Waals surface area contributed by atoms with E-state index >= 15 is 0 Å². The van der Waals surface area contributed by atoms with E-state index in [1.165, 1.54) is 6.07 Å². The number of piperidine rings is 1. The summed E-state index contributed by atoms with van der Waals surface area (Å²) in [5.41, 5.74) is 1.88. The van der Waals surface area contributed by atoms with Gasteiger partial charge < -0.3 is 0 Å². The maximum atomic E-state index is 10.9. The van der Waals surface area contributed by atoms with E-state index in [4.69, 9.17) is 5.26 Å². The average molecular weight is 259 g/mol. The van der Waals surface area contributed by atoms with Gasteiger partial charge in [-0.3, -0.25) is 15.0 Å². The molecule has 0 bridgehead atoms. The van der Waals surface area contributed by atoms with E-state index in [9.17, 15) is 10.1 Å². The summed E-state index contributed by atoms with van der Waals surface area (Å²) >= 11 is 0. The summed E-state index contributed by atoms with van der Waals surface area (Å²) in [6.45, 7) is 4.20. The zero-order chi connectivity index (χ0) is 13.8. The Labute approximate surface area is 112 Å². The minimum absolute atomic E-state index is 0.0905. The van der Waals surface area contributed by atoms with Crippen LogP contribution in [0.4, 0.5) is 5.69 Å². The van der Waals surface area contributed by atoms with Crippen LogP contribution in [0, 0.1) is 34.3 Å². The van der Waals surface area contributed by atoms with Gasteiger partial charge in [-0.1, -0.05) is 12.1 Å². The van der Waals surface area contributed by atoms with E-state index < -0.39 is 0 Å². The predicted octanol–water partition coefficient (Wildman–Crippen LogP) is 2.64. The van der Waals surface area contributed by atoms with E-state index in [0.717, 1.165) is 37.1 Å². The molecular weight excluding hydrogens is 242 g/mol. The van der Waals surface area contributed by atoms with Crippen LogP contribution in [-0.2, 0) is 6.54 Å². The van der Waals surface area contributed by atoms with E-state index in [1.54, 1.807) is 13.0 Å². The van der Waals surface area contributed by atoms with Gasteiger partial charge in [0, 0.05) is 24.7 Å². The van der Waals surface area contributed by atoms with Gasteiger partial charge in [0.2, 0.25) is 0 Å². The first-order chi connectivity index (χ1) is 9.11. The molecule has 5 nitrogen and oxygen atoms in total. The van der Waals surface area contributed by atoms with Crippen molar-refractivity contribution in [2.45, 2.75) is 26.3 Å². The molecule has 1 unspecified atom stereocenters. The normalized spacial score (nSPS) is 19.9. The molecule has 0 radical (unpaired) electrons. The second-order valence-electron chi connectivity index (χ2n) is 5.02.